The van der Waals surface area contributed by atoms with Crippen LogP contribution in [0.25, 0.3) is 0 Å². The van der Waals surface area contributed by atoms with Crippen molar-refractivity contribution in [3.05, 3.63) is 63.4 Å². The summed E-state index contributed by atoms with van der Waals surface area (Å²) in [7, 11) is 0. The first-order chi connectivity index (χ1) is 17.9. The summed E-state index contributed by atoms with van der Waals surface area (Å²) in [5.41, 5.74) is 1.32. The number of halogens is 4. The van der Waals surface area contributed by atoms with E-state index in [1.54, 1.807) is 5.01 Å². The van der Waals surface area contributed by atoms with E-state index in [4.69, 9.17) is 21.0 Å². The van der Waals surface area contributed by atoms with Crippen LogP contribution < -0.4 is 9.75 Å². The summed E-state index contributed by atoms with van der Waals surface area (Å²) in [6.45, 7) is 1.00. The van der Waals surface area contributed by atoms with Gasteiger partial charge in [0, 0.05) is 30.8 Å². The Morgan fingerprint density at radius 2 is 1.89 bits per heavy atom. The Morgan fingerprint density at radius 3 is 2.57 bits per heavy atom. The second kappa shape index (κ2) is 10.8. The third kappa shape index (κ3) is 5.41. The Balaban J connectivity index is 1.19. The predicted octanol–water partition coefficient (Wildman–Crippen LogP) is 5.61. The van der Waals surface area contributed by atoms with Gasteiger partial charge in [-0.05, 0) is 36.6 Å². The molecule has 0 N–H and O–H groups in total. The average Bonchev–Trinajstić information content (AvgIpc) is 3.67. The van der Waals surface area contributed by atoms with Crippen molar-refractivity contribution in [2.75, 3.05) is 24.7 Å². The van der Waals surface area contributed by atoms with Gasteiger partial charge in [-0.15, -0.1) is 17.8 Å². The van der Waals surface area contributed by atoms with Gasteiger partial charge in [0.05, 0.1) is 10.7 Å². The molecule has 4 heterocycles. The summed E-state index contributed by atoms with van der Waals surface area (Å²) in [6.07, 6.45) is 1.05. The van der Waals surface area contributed by atoms with Gasteiger partial charge in [-0.1, -0.05) is 23.2 Å². The number of aromatic nitrogens is 3. The Kier molecular flexibility index (Phi) is 7.32. The van der Waals surface area contributed by atoms with Gasteiger partial charge in [-0.25, -0.2) is 22.5 Å². The molecule has 0 radical (unpaired) electrons. The highest BCUT2D eigenvalue weighted by molar-refractivity contribution is 7.10. The van der Waals surface area contributed by atoms with Crippen LogP contribution >= 0.6 is 11.3 Å². The summed E-state index contributed by atoms with van der Waals surface area (Å²) in [4.78, 5) is 11.4. The highest BCUT2D eigenvalue weighted by atomic mass is 32.1. The number of hydrogen-bond donors (Lipinski definition) is 0. The lowest BCUT2D eigenvalue weighted by atomic mass is 9.98. The molecule has 3 aromatic rings. The van der Waals surface area contributed by atoms with Crippen molar-refractivity contribution < 1.29 is 27.1 Å². The minimum absolute atomic E-state index is 0.129. The lowest BCUT2D eigenvalue weighted by molar-refractivity contribution is 0.0857. The normalized spacial score (nSPS) is 18.2. The van der Waals surface area contributed by atoms with Crippen molar-refractivity contribution in [3.63, 3.8) is 0 Å². The Bertz CT molecular complexity index is 1290. The zero-order valence-electron chi connectivity index (χ0n) is 19.6. The summed E-state index contributed by atoms with van der Waals surface area (Å²) in [5.74, 6) is 3.24. The van der Waals surface area contributed by atoms with E-state index in [0.717, 1.165) is 32.8 Å². The van der Waals surface area contributed by atoms with Crippen molar-refractivity contribution in [2.45, 2.75) is 44.1 Å². The van der Waals surface area contributed by atoms with Crippen molar-refractivity contribution >= 4 is 17.0 Å². The van der Waals surface area contributed by atoms with E-state index in [9.17, 15) is 17.6 Å². The van der Waals surface area contributed by atoms with Crippen LogP contribution in [0, 0.1) is 12.3 Å². The van der Waals surface area contributed by atoms with Crippen LogP contribution in [0.15, 0.2) is 40.9 Å². The highest BCUT2D eigenvalue weighted by Gasteiger charge is 2.30. The van der Waals surface area contributed by atoms with Gasteiger partial charge in [-0.3, -0.25) is 5.01 Å². The van der Waals surface area contributed by atoms with Crippen molar-refractivity contribution in [1.82, 2.24) is 14.9 Å². The molecule has 37 heavy (non-hydrogen) atoms. The van der Waals surface area contributed by atoms with Crippen LogP contribution in [0.4, 0.5) is 17.6 Å². The average molecular weight is 534 g/mol. The monoisotopic (exact) mass is 533 g/mol. The number of piperidine rings is 1. The molecule has 2 aliphatic rings. The molecule has 0 spiro atoms. The lowest BCUT2D eigenvalue weighted by Crippen LogP contribution is -2.43. The molecule has 2 aliphatic heterocycles. The summed E-state index contributed by atoms with van der Waals surface area (Å²) in [6, 6.07) is 8.27. The van der Waals surface area contributed by atoms with Crippen LogP contribution in [0.1, 0.15) is 71.8 Å². The van der Waals surface area contributed by atoms with E-state index < -0.39 is 24.2 Å². The number of hydrogen-bond acceptors (Lipinski definition) is 7. The highest BCUT2D eigenvalue weighted by Crippen LogP contribution is 2.34. The number of ether oxygens (including phenoxy) is 1. The second-order valence-corrected chi connectivity index (χ2v) is 9.57. The first kappa shape index (κ1) is 25.1. The fourth-order valence-electron chi connectivity index (χ4n) is 4.41. The molecule has 1 fully saturated rings. The molecule has 1 saturated heterocycles. The van der Waals surface area contributed by atoms with E-state index >= 15 is 0 Å². The SMILES string of the molecule is C#CCOc1ccc(C2CC(c3csc(C4CCN(n5nc(C(F)F)cc5C(F)F)CC4)n3)=NO2)cc1. The molecular formula is C25H23F4N5O2S. The number of nitrogens with zero attached hydrogens (tertiary/aromatic N) is 5. The molecule has 0 aliphatic carbocycles. The van der Waals surface area contributed by atoms with Gasteiger partial charge in [0.2, 0.25) is 0 Å². The number of benzene rings is 1. The van der Waals surface area contributed by atoms with E-state index in [1.165, 1.54) is 11.3 Å². The summed E-state index contributed by atoms with van der Waals surface area (Å²) in [5, 5.41) is 12.4. The molecule has 2 aromatic heterocycles. The van der Waals surface area contributed by atoms with E-state index in [-0.39, 0.29) is 18.6 Å². The topological polar surface area (TPSA) is 64.8 Å². The molecule has 0 bridgehead atoms. The maximum absolute atomic E-state index is 13.4. The number of thiazole rings is 1. The van der Waals surface area contributed by atoms with Gasteiger partial charge in [0.1, 0.15) is 29.5 Å². The molecule has 1 aromatic carbocycles. The molecule has 5 rings (SSSR count). The zero-order valence-corrected chi connectivity index (χ0v) is 20.4. The standard InChI is InChI=1S/C25H23F4N5O2S/c1-2-11-35-17-5-3-15(4-6-17)22-13-18(32-36-22)20-14-37-25(30-20)16-7-9-33(10-8-16)34-21(24(28)29)12-19(31-34)23(26)27/h1,3-6,12,14,16,22-24H,7-11,13H2. The zero-order chi connectivity index (χ0) is 25.9. The lowest BCUT2D eigenvalue weighted by Gasteiger charge is -2.33. The van der Waals surface area contributed by atoms with Gasteiger partial charge < -0.3 is 9.57 Å². The maximum Gasteiger partial charge on any atom is 0.282 e. The van der Waals surface area contributed by atoms with Gasteiger partial charge >= 0.3 is 0 Å². The van der Waals surface area contributed by atoms with E-state index in [2.05, 4.69) is 16.2 Å². The van der Waals surface area contributed by atoms with Crippen LogP contribution in [0.5, 0.6) is 5.75 Å². The molecule has 0 saturated carbocycles. The van der Waals surface area contributed by atoms with Gasteiger partial charge in [0.15, 0.2) is 6.10 Å². The first-order valence-electron chi connectivity index (χ1n) is 11.7. The third-order valence-corrected chi connectivity index (χ3v) is 7.34. The van der Waals surface area contributed by atoms with Gasteiger partial charge in [0.25, 0.3) is 12.9 Å². The Labute approximate surface area is 214 Å². The molecular weight excluding hydrogens is 510 g/mol. The first-order valence-corrected chi connectivity index (χ1v) is 12.6. The molecule has 7 nitrogen and oxygen atoms in total. The molecule has 1 atom stereocenters. The smallest absolute Gasteiger partial charge is 0.282 e. The fourth-order valence-corrected chi connectivity index (χ4v) is 5.41. The minimum atomic E-state index is -2.90. The van der Waals surface area contributed by atoms with Crippen molar-refractivity contribution in [2.24, 2.45) is 5.16 Å². The van der Waals surface area contributed by atoms with Crippen LogP contribution in [0.2, 0.25) is 0 Å². The number of alkyl halides is 4. The van der Waals surface area contributed by atoms with Crippen molar-refractivity contribution in [3.8, 4) is 18.1 Å². The minimum Gasteiger partial charge on any atom is -0.481 e. The summed E-state index contributed by atoms with van der Waals surface area (Å²) < 4.78 is 58.2. The van der Waals surface area contributed by atoms with E-state index in [1.807, 2.05) is 29.6 Å². The number of oxime groups is 1. The third-order valence-electron chi connectivity index (χ3n) is 6.33. The number of terminal acetylenes is 1. The van der Waals surface area contributed by atoms with Gasteiger partial charge in [-0.2, -0.15) is 9.89 Å². The Hall–Kier alpha value is -3.59. The van der Waals surface area contributed by atoms with Crippen molar-refractivity contribution in [1.29, 1.82) is 0 Å². The summed E-state index contributed by atoms with van der Waals surface area (Å²) >= 11 is 1.52. The molecule has 1 unspecified atom stereocenters. The van der Waals surface area contributed by atoms with Crippen LogP contribution in [-0.2, 0) is 4.84 Å². The van der Waals surface area contributed by atoms with E-state index in [0.29, 0.717) is 38.1 Å². The molecule has 12 heteroatoms. The molecule has 0 amide bonds. The number of rotatable bonds is 8. The molecule has 194 valence electrons. The maximum atomic E-state index is 13.4. The van der Waals surface area contributed by atoms with Crippen LogP contribution in [0.3, 0.4) is 0 Å². The fraction of sp³-hybridized carbons (Fsp3) is 0.400. The van der Waals surface area contributed by atoms with Crippen LogP contribution in [-0.4, -0.2) is 40.3 Å². The Morgan fingerprint density at radius 1 is 1.14 bits per heavy atom. The predicted molar refractivity (Wildman–Crippen MR) is 130 cm³/mol. The quantitative estimate of drug-likeness (QED) is 0.278. The largest absolute Gasteiger partial charge is 0.481 e. The second-order valence-electron chi connectivity index (χ2n) is 8.68.